The van der Waals surface area contributed by atoms with Crippen LogP contribution in [0.3, 0.4) is 0 Å². The highest BCUT2D eigenvalue weighted by molar-refractivity contribution is 5.94. The zero-order chi connectivity index (χ0) is 15.8. The average Bonchev–Trinajstić information content (AvgIpc) is 2.58. The molecule has 1 aliphatic rings. The van der Waals surface area contributed by atoms with Crippen LogP contribution in [0.15, 0.2) is 30.3 Å². The van der Waals surface area contributed by atoms with E-state index < -0.39 is 0 Å². The van der Waals surface area contributed by atoms with Crippen molar-refractivity contribution in [3.05, 3.63) is 41.5 Å². The van der Waals surface area contributed by atoms with Crippen molar-refractivity contribution in [1.82, 2.24) is 5.32 Å². The van der Waals surface area contributed by atoms with Crippen molar-refractivity contribution in [2.24, 2.45) is 5.92 Å². The molecule has 0 heterocycles. The van der Waals surface area contributed by atoms with Crippen LogP contribution in [0.25, 0.3) is 6.08 Å². The second kappa shape index (κ2) is 8.37. The normalized spacial score (nSPS) is 15.7. The minimum atomic E-state index is -0.305. The maximum Gasteiger partial charge on any atom is 0.330 e. The van der Waals surface area contributed by atoms with Crippen molar-refractivity contribution in [1.29, 1.82) is 0 Å². The monoisotopic (exact) mass is 301 g/mol. The largest absolute Gasteiger partial charge is 0.462 e. The first-order valence-corrected chi connectivity index (χ1v) is 7.86. The van der Waals surface area contributed by atoms with Crippen LogP contribution in [0.2, 0.25) is 0 Å². The molecule has 1 fully saturated rings. The van der Waals surface area contributed by atoms with E-state index in [1.807, 2.05) is 0 Å². The lowest BCUT2D eigenvalue weighted by atomic mass is 9.90. The molecule has 1 aromatic rings. The summed E-state index contributed by atoms with van der Waals surface area (Å²) in [5, 5.41) is 2.57. The van der Waals surface area contributed by atoms with E-state index in [9.17, 15) is 9.59 Å². The molecule has 22 heavy (non-hydrogen) atoms. The summed E-state index contributed by atoms with van der Waals surface area (Å²) in [6, 6.07) is 7.06. The lowest BCUT2D eigenvalue weighted by Gasteiger charge is -2.20. The van der Waals surface area contributed by atoms with Gasteiger partial charge >= 0.3 is 5.97 Å². The Bertz CT molecular complexity index is 528. The molecule has 1 aliphatic carbocycles. The van der Waals surface area contributed by atoms with Gasteiger partial charge in [-0.05, 0) is 42.5 Å². The van der Waals surface area contributed by atoms with Gasteiger partial charge in [0.2, 0.25) is 0 Å². The number of benzene rings is 1. The third kappa shape index (κ3) is 5.02. The molecule has 1 N–H and O–H groups in total. The Labute approximate surface area is 131 Å². The van der Waals surface area contributed by atoms with E-state index in [-0.39, 0.29) is 11.9 Å². The van der Waals surface area contributed by atoms with Crippen LogP contribution in [0.5, 0.6) is 0 Å². The second-order valence-electron chi connectivity index (χ2n) is 5.67. The molecule has 0 aromatic heterocycles. The number of amides is 1. The molecule has 1 saturated carbocycles. The molecule has 0 bridgehead atoms. The Morgan fingerprint density at radius 3 is 2.50 bits per heavy atom. The van der Waals surface area contributed by atoms with Gasteiger partial charge in [0.25, 0.3) is 5.91 Å². The fourth-order valence-corrected chi connectivity index (χ4v) is 2.66. The van der Waals surface area contributed by atoms with Crippen molar-refractivity contribution in [3.63, 3.8) is 0 Å². The summed E-state index contributed by atoms with van der Waals surface area (Å²) in [6.07, 6.45) is 9.27. The Morgan fingerprint density at radius 2 is 1.86 bits per heavy atom. The predicted molar refractivity (Wildman–Crippen MR) is 86.4 cm³/mol. The number of carbonyl (C=O) groups excluding carboxylic acids is 2. The summed E-state index contributed by atoms with van der Waals surface area (Å²) in [7, 11) is 1.60. The summed E-state index contributed by atoms with van der Waals surface area (Å²) in [6.45, 7) is 0.527. The van der Waals surface area contributed by atoms with E-state index in [0.717, 1.165) is 18.4 Å². The Morgan fingerprint density at radius 1 is 1.18 bits per heavy atom. The topological polar surface area (TPSA) is 55.4 Å². The van der Waals surface area contributed by atoms with E-state index in [2.05, 4.69) is 5.32 Å². The van der Waals surface area contributed by atoms with Gasteiger partial charge in [-0.3, -0.25) is 4.79 Å². The third-order valence-corrected chi connectivity index (χ3v) is 4.00. The van der Waals surface area contributed by atoms with Crippen molar-refractivity contribution in [3.8, 4) is 0 Å². The van der Waals surface area contributed by atoms with E-state index in [0.29, 0.717) is 18.1 Å². The first-order chi connectivity index (χ1) is 10.7. The van der Waals surface area contributed by atoms with Gasteiger partial charge in [0.05, 0.1) is 6.61 Å². The quantitative estimate of drug-likeness (QED) is 0.671. The highest BCUT2D eigenvalue weighted by Gasteiger charge is 2.14. The van der Waals surface area contributed by atoms with Gasteiger partial charge in [-0.1, -0.05) is 31.4 Å². The number of esters is 1. The molecule has 1 amide bonds. The Balaban J connectivity index is 1.80. The maximum absolute atomic E-state index is 11.7. The van der Waals surface area contributed by atoms with E-state index in [1.165, 1.54) is 25.3 Å². The maximum atomic E-state index is 11.7. The molecule has 4 nitrogen and oxygen atoms in total. The van der Waals surface area contributed by atoms with E-state index >= 15 is 0 Å². The van der Waals surface area contributed by atoms with E-state index in [4.69, 9.17) is 4.74 Å². The molecule has 0 saturated heterocycles. The van der Waals surface area contributed by atoms with Crippen LogP contribution in [0, 0.1) is 5.92 Å². The van der Waals surface area contributed by atoms with Gasteiger partial charge in [0, 0.05) is 18.7 Å². The molecule has 0 aliphatic heterocycles. The number of carbonyl (C=O) groups is 2. The summed E-state index contributed by atoms with van der Waals surface area (Å²) in [5.74, 6) is 0.0984. The Kier molecular flexibility index (Phi) is 6.19. The fourth-order valence-electron chi connectivity index (χ4n) is 2.66. The van der Waals surface area contributed by atoms with Crippen LogP contribution >= 0.6 is 0 Å². The lowest BCUT2D eigenvalue weighted by Crippen LogP contribution is -2.17. The van der Waals surface area contributed by atoms with Gasteiger partial charge in [0.1, 0.15) is 0 Å². The number of rotatable bonds is 5. The SMILES string of the molecule is CNC(=O)c1ccc(/C=C/C(=O)OCC2CCCCC2)cc1. The van der Waals surface area contributed by atoms with Crippen molar-refractivity contribution < 1.29 is 14.3 Å². The smallest absolute Gasteiger partial charge is 0.330 e. The Hall–Kier alpha value is -2.10. The second-order valence-corrected chi connectivity index (χ2v) is 5.67. The molecule has 2 rings (SSSR count). The summed E-state index contributed by atoms with van der Waals surface area (Å²) < 4.78 is 5.29. The number of hydrogen-bond acceptors (Lipinski definition) is 3. The summed E-state index contributed by atoms with van der Waals surface area (Å²) in [5.41, 5.74) is 1.46. The first-order valence-electron chi connectivity index (χ1n) is 7.86. The zero-order valence-corrected chi connectivity index (χ0v) is 13.0. The van der Waals surface area contributed by atoms with Crippen LogP contribution in [0.1, 0.15) is 48.0 Å². The molecule has 118 valence electrons. The number of ether oxygens (including phenoxy) is 1. The molecule has 0 unspecified atom stereocenters. The average molecular weight is 301 g/mol. The predicted octanol–water partition coefficient (Wildman–Crippen LogP) is 3.18. The molecular weight excluding hydrogens is 278 g/mol. The van der Waals surface area contributed by atoms with Crippen LogP contribution in [-0.4, -0.2) is 25.5 Å². The van der Waals surface area contributed by atoms with Crippen LogP contribution < -0.4 is 5.32 Å². The molecule has 0 radical (unpaired) electrons. The summed E-state index contributed by atoms with van der Waals surface area (Å²) >= 11 is 0. The fraction of sp³-hybridized carbons (Fsp3) is 0.444. The summed E-state index contributed by atoms with van der Waals surface area (Å²) in [4.78, 5) is 23.1. The zero-order valence-electron chi connectivity index (χ0n) is 13.0. The molecular formula is C18H23NO3. The lowest BCUT2D eigenvalue weighted by molar-refractivity contribution is -0.139. The molecule has 0 atom stereocenters. The van der Waals surface area contributed by atoms with E-state index in [1.54, 1.807) is 37.4 Å². The number of hydrogen-bond donors (Lipinski definition) is 1. The standard InChI is InChI=1S/C18H23NO3/c1-19-18(21)16-10-7-14(8-11-16)9-12-17(20)22-13-15-5-3-2-4-6-15/h7-12,15H,2-6,13H2,1H3,(H,19,21)/b12-9+. The van der Waals surface area contributed by atoms with Gasteiger partial charge in [-0.2, -0.15) is 0 Å². The van der Waals surface area contributed by atoms with Crippen molar-refractivity contribution in [2.75, 3.05) is 13.7 Å². The van der Waals surface area contributed by atoms with Gasteiger partial charge in [0.15, 0.2) is 0 Å². The minimum Gasteiger partial charge on any atom is -0.462 e. The molecule has 1 aromatic carbocycles. The first kappa shape index (κ1) is 16.3. The number of nitrogens with one attached hydrogen (secondary N) is 1. The van der Waals surface area contributed by atoms with Gasteiger partial charge < -0.3 is 10.1 Å². The third-order valence-electron chi connectivity index (χ3n) is 4.00. The van der Waals surface area contributed by atoms with Crippen molar-refractivity contribution in [2.45, 2.75) is 32.1 Å². The molecule has 4 heteroatoms. The van der Waals surface area contributed by atoms with Crippen molar-refractivity contribution >= 4 is 18.0 Å². The minimum absolute atomic E-state index is 0.123. The van der Waals surface area contributed by atoms with Gasteiger partial charge in [-0.15, -0.1) is 0 Å². The molecule has 0 spiro atoms. The van der Waals surface area contributed by atoms with Crippen LogP contribution in [0.4, 0.5) is 0 Å². The highest BCUT2D eigenvalue weighted by Crippen LogP contribution is 2.23. The highest BCUT2D eigenvalue weighted by atomic mass is 16.5. The van der Waals surface area contributed by atoms with Gasteiger partial charge in [-0.25, -0.2) is 4.79 Å². The van der Waals surface area contributed by atoms with Crippen LogP contribution in [-0.2, 0) is 9.53 Å².